The largest absolute Gasteiger partial charge is 0.476 e. The smallest absolute Gasteiger partial charge is 0.239 e. The number of nitrogens with two attached hydrogens (primary N) is 2. The van der Waals surface area contributed by atoms with Gasteiger partial charge in [0.05, 0.1) is 12.3 Å². The fourth-order valence-electron chi connectivity index (χ4n) is 1.79. The number of aromatic nitrogens is 1. The van der Waals surface area contributed by atoms with Crippen LogP contribution in [-0.2, 0) is 4.79 Å². The van der Waals surface area contributed by atoms with Crippen LogP contribution in [0, 0.1) is 5.92 Å². The first-order valence-electron chi connectivity index (χ1n) is 7.06. The lowest BCUT2D eigenvalue weighted by molar-refractivity contribution is -0.118. The van der Waals surface area contributed by atoms with Crippen molar-refractivity contribution in [1.29, 1.82) is 0 Å². The van der Waals surface area contributed by atoms with E-state index in [1.165, 1.54) is 12.8 Å². The molecule has 6 nitrogen and oxygen atoms in total. The third-order valence-corrected chi connectivity index (χ3v) is 3.20. The second kappa shape index (κ2) is 6.98. The molecule has 0 spiro atoms. The van der Waals surface area contributed by atoms with Crippen molar-refractivity contribution >= 4 is 17.4 Å². The van der Waals surface area contributed by atoms with Crippen LogP contribution >= 0.6 is 0 Å². The third-order valence-electron chi connectivity index (χ3n) is 3.20. The van der Waals surface area contributed by atoms with E-state index in [1.54, 1.807) is 6.07 Å². The van der Waals surface area contributed by atoms with Gasteiger partial charge in [-0.3, -0.25) is 4.79 Å². The van der Waals surface area contributed by atoms with Gasteiger partial charge in [0.1, 0.15) is 5.82 Å². The normalized spacial score (nSPS) is 14.0. The lowest BCUT2D eigenvalue weighted by Gasteiger charge is -2.10. The molecule has 1 saturated carbocycles. The Morgan fingerprint density at radius 2 is 2.20 bits per heavy atom. The van der Waals surface area contributed by atoms with Gasteiger partial charge in [-0.25, -0.2) is 0 Å². The number of carbonyl (C=O) groups is 1. The number of pyridine rings is 1. The fourth-order valence-corrected chi connectivity index (χ4v) is 1.79. The van der Waals surface area contributed by atoms with Crippen LogP contribution < -0.4 is 21.5 Å². The van der Waals surface area contributed by atoms with E-state index < -0.39 is 0 Å². The quantitative estimate of drug-likeness (QED) is 0.594. The molecule has 1 aromatic heterocycles. The van der Waals surface area contributed by atoms with Crippen LogP contribution in [0.25, 0.3) is 0 Å². The molecule has 110 valence electrons. The predicted molar refractivity (Wildman–Crippen MR) is 78.4 cm³/mol. The molecule has 0 saturated heterocycles. The number of amides is 1. The molecule has 1 aliphatic rings. The molecule has 6 heteroatoms. The summed E-state index contributed by atoms with van der Waals surface area (Å²) in [5.74, 6) is 1.65. The average Bonchev–Trinajstić information content (AvgIpc) is 3.22. The number of primary amides is 1. The molecule has 20 heavy (non-hydrogen) atoms. The Bertz CT molecular complexity index is 460. The van der Waals surface area contributed by atoms with Crippen molar-refractivity contribution in [2.45, 2.75) is 32.1 Å². The van der Waals surface area contributed by atoms with E-state index in [1.807, 2.05) is 6.07 Å². The van der Waals surface area contributed by atoms with Gasteiger partial charge < -0.3 is 21.5 Å². The van der Waals surface area contributed by atoms with E-state index in [0.29, 0.717) is 30.5 Å². The lowest BCUT2D eigenvalue weighted by atomic mass is 10.2. The zero-order valence-electron chi connectivity index (χ0n) is 11.6. The van der Waals surface area contributed by atoms with Gasteiger partial charge in [-0.2, -0.15) is 4.98 Å². The van der Waals surface area contributed by atoms with Gasteiger partial charge in [-0.1, -0.05) is 0 Å². The van der Waals surface area contributed by atoms with Gasteiger partial charge in [0.15, 0.2) is 0 Å². The van der Waals surface area contributed by atoms with E-state index in [9.17, 15) is 4.79 Å². The highest BCUT2D eigenvalue weighted by Gasteiger charge is 2.22. The summed E-state index contributed by atoms with van der Waals surface area (Å²) < 4.78 is 5.62. The number of ether oxygens (including phenoxy) is 1. The molecular formula is C14H22N4O2. The lowest BCUT2D eigenvalue weighted by Crippen LogP contribution is -2.11. The van der Waals surface area contributed by atoms with E-state index in [-0.39, 0.29) is 5.91 Å². The minimum Gasteiger partial charge on any atom is -0.476 e. The zero-order chi connectivity index (χ0) is 14.4. The summed E-state index contributed by atoms with van der Waals surface area (Å²) in [6.07, 6.45) is 4.54. The number of nitrogens with one attached hydrogen (secondary N) is 1. The van der Waals surface area contributed by atoms with Crippen LogP contribution in [0.5, 0.6) is 5.88 Å². The minimum atomic E-state index is -0.258. The van der Waals surface area contributed by atoms with Crippen molar-refractivity contribution in [2.24, 2.45) is 11.7 Å². The van der Waals surface area contributed by atoms with Crippen molar-refractivity contribution in [1.82, 2.24) is 4.98 Å². The highest BCUT2D eigenvalue weighted by molar-refractivity contribution is 5.73. The van der Waals surface area contributed by atoms with Crippen molar-refractivity contribution in [2.75, 3.05) is 24.2 Å². The monoisotopic (exact) mass is 278 g/mol. The summed E-state index contributed by atoms with van der Waals surface area (Å²) in [5, 5.41) is 3.19. The van der Waals surface area contributed by atoms with Crippen LogP contribution in [-0.4, -0.2) is 24.0 Å². The summed E-state index contributed by atoms with van der Waals surface area (Å²) in [5.41, 5.74) is 11.5. The summed E-state index contributed by atoms with van der Waals surface area (Å²) in [6, 6.07) is 3.62. The van der Waals surface area contributed by atoms with E-state index in [0.717, 1.165) is 25.2 Å². The molecule has 1 aliphatic carbocycles. The van der Waals surface area contributed by atoms with Gasteiger partial charge >= 0.3 is 0 Å². The molecule has 0 aliphatic heterocycles. The molecule has 1 heterocycles. The number of unbranched alkanes of at least 4 members (excludes halogenated alkanes) is 1. The maximum Gasteiger partial charge on any atom is 0.239 e. The average molecular weight is 278 g/mol. The molecule has 1 aromatic rings. The van der Waals surface area contributed by atoms with Crippen molar-refractivity contribution in [3.05, 3.63) is 12.1 Å². The number of anilines is 2. The molecule has 0 radical (unpaired) electrons. The molecule has 1 fully saturated rings. The molecular weight excluding hydrogens is 256 g/mol. The molecule has 0 unspecified atom stereocenters. The number of nitrogen functional groups attached to an aromatic ring is 1. The van der Waals surface area contributed by atoms with Crippen molar-refractivity contribution in [3.8, 4) is 5.88 Å². The fraction of sp³-hybridized carbons (Fsp3) is 0.571. The standard InChI is InChI=1S/C14H22N4O2/c15-11-6-7-13(17-8-2-1-3-12(16)19)18-14(11)20-9-10-4-5-10/h6-7,10H,1-5,8-9,15H2,(H2,16,19)(H,17,18). The first kappa shape index (κ1) is 14.4. The van der Waals surface area contributed by atoms with E-state index in [2.05, 4.69) is 10.3 Å². The van der Waals surface area contributed by atoms with Gasteiger partial charge in [-0.05, 0) is 43.7 Å². The molecule has 1 amide bonds. The Kier molecular flexibility index (Phi) is 5.03. The van der Waals surface area contributed by atoms with E-state index >= 15 is 0 Å². The van der Waals surface area contributed by atoms with Crippen molar-refractivity contribution < 1.29 is 9.53 Å². The molecule has 5 N–H and O–H groups in total. The molecule has 0 bridgehead atoms. The van der Waals surface area contributed by atoms with Gasteiger partial charge in [0.25, 0.3) is 0 Å². The van der Waals surface area contributed by atoms with Crippen LogP contribution in [0.1, 0.15) is 32.1 Å². The van der Waals surface area contributed by atoms with Crippen LogP contribution in [0.2, 0.25) is 0 Å². The molecule has 2 rings (SSSR count). The van der Waals surface area contributed by atoms with Gasteiger partial charge in [-0.15, -0.1) is 0 Å². The number of rotatable bonds is 9. The van der Waals surface area contributed by atoms with Crippen LogP contribution in [0.15, 0.2) is 12.1 Å². The second-order valence-electron chi connectivity index (χ2n) is 5.20. The maximum atomic E-state index is 10.6. The topological polar surface area (TPSA) is 103 Å². The summed E-state index contributed by atoms with van der Waals surface area (Å²) in [7, 11) is 0. The third kappa shape index (κ3) is 4.95. The number of hydrogen-bond donors (Lipinski definition) is 3. The Hall–Kier alpha value is -1.98. The summed E-state index contributed by atoms with van der Waals surface area (Å²) >= 11 is 0. The van der Waals surface area contributed by atoms with Crippen LogP contribution in [0.3, 0.4) is 0 Å². The first-order chi connectivity index (χ1) is 9.65. The zero-order valence-corrected chi connectivity index (χ0v) is 11.6. The van der Waals surface area contributed by atoms with Gasteiger partial charge in [0, 0.05) is 13.0 Å². The Morgan fingerprint density at radius 1 is 1.40 bits per heavy atom. The summed E-state index contributed by atoms with van der Waals surface area (Å²) in [4.78, 5) is 15.0. The number of hydrogen-bond acceptors (Lipinski definition) is 5. The number of carbonyl (C=O) groups excluding carboxylic acids is 1. The molecule has 0 atom stereocenters. The summed E-state index contributed by atoms with van der Waals surface area (Å²) in [6.45, 7) is 1.44. The predicted octanol–water partition coefficient (Wildman–Crippen LogP) is 1.52. The Labute approximate surface area is 118 Å². The first-order valence-corrected chi connectivity index (χ1v) is 7.06. The highest BCUT2D eigenvalue weighted by atomic mass is 16.5. The van der Waals surface area contributed by atoms with Crippen LogP contribution in [0.4, 0.5) is 11.5 Å². The Morgan fingerprint density at radius 3 is 2.90 bits per heavy atom. The highest BCUT2D eigenvalue weighted by Crippen LogP contribution is 2.30. The van der Waals surface area contributed by atoms with Gasteiger partial charge in [0.2, 0.25) is 11.8 Å². The van der Waals surface area contributed by atoms with Crippen molar-refractivity contribution in [3.63, 3.8) is 0 Å². The minimum absolute atomic E-state index is 0.258. The Balaban J connectivity index is 1.75. The SMILES string of the molecule is NC(=O)CCCCNc1ccc(N)c(OCC2CC2)n1. The van der Waals surface area contributed by atoms with E-state index in [4.69, 9.17) is 16.2 Å². The second-order valence-corrected chi connectivity index (χ2v) is 5.20. The number of nitrogens with zero attached hydrogens (tertiary/aromatic N) is 1. The maximum absolute atomic E-state index is 10.6. The molecule has 0 aromatic carbocycles.